The van der Waals surface area contributed by atoms with Gasteiger partial charge in [0, 0.05) is 10.6 Å². The van der Waals surface area contributed by atoms with Gasteiger partial charge in [0.1, 0.15) is 12.7 Å². The van der Waals surface area contributed by atoms with E-state index in [1.54, 1.807) is 0 Å². The van der Waals surface area contributed by atoms with Gasteiger partial charge in [-0.1, -0.05) is 23.2 Å². The maximum absolute atomic E-state index is 11.9. The smallest absolute Gasteiger partial charge is 0.261 e. The summed E-state index contributed by atoms with van der Waals surface area (Å²) in [7, 11) is 0. The van der Waals surface area contributed by atoms with Crippen LogP contribution >= 0.6 is 23.2 Å². The molecule has 0 bridgehead atoms. The first kappa shape index (κ1) is 14.4. The van der Waals surface area contributed by atoms with Crippen LogP contribution < -0.4 is 0 Å². The van der Waals surface area contributed by atoms with Crippen molar-refractivity contribution in [2.75, 3.05) is 6.61 Å². The molecule has 0 aliphatic carbocycles. The van der Waals surface area contributed by atoms with E-state index in [2.05, 4.69) is 0 Å². The lowest BCUT2D eigenvalue weighted by Crippen LogP contribution is -2.23. The first-order chi connectivity index (χ1) is 7.91. The van der Waals surface area contributed by atoms with Crippen LogP contribution in [0.2, 0.25) is 10.0 Å². The lowest BCUT2D eigenvalue weighted by Gasteiger charge is -2.12. The standard InChI is InChI=1S/C11H10Cl2F2O2/c1-6(17-5-10(14)15)11(16)8-3-2-7(12)4-9(8)13/h2-4,6,10H,5H2,1H3. The van der Waals surface area contributed by atoms with Crippen molar-refractivity contribution < 1.29 is 18.3 Å². The Hall–Kier alpha value is -0.710. The fraction of sp³-hybridized carbons (Fsp3) is 0.364. The van der Waals surface area contributed by atoms with Crippen molar-refractivity contribution in [3.63, 3.8) is 0 Å². The third-order valence-corrected chi connectivity index (χ3v) is 2.59. The van der Waals surface area contributed by atoms with Gasteiger partial charge >= 0.3 is 0 Å². The molecule has 0 saturated heterocycles. The van der Waals surface area contributed by atoms with E-state index >= 15 is 0 Å². The monoisotopic (exact) mass is 282 g/mol. The highest BCUT2D eigenvalue weighted by Gasteiger charge is 2.19. The number of benzene rings is 1. The summed E-state index contributed by atoms with van der Waals surface area (Å²) >= 11 is 11.5. The summed E-state index contributed by atoms with van der Waals surface area (Å²) in [6.45, 7) is 0.619. The van der Waals surface area contributed by atoms with E-state index in [9.17, 15) is 13.6 Å². The number of rotatable bonds is 5. The van der Waals surface area contributed by atoms with Crippen LogP contribution in [0.5, 0.6) is 0 Å². The fourth-order valence-corrected chi connectivity index (χ4v) is 1.70. The molecule has 1 rings (SSSR count). The van der Waals surface area contributed by atoms with E-state index in [4.69, 9.17) is 27.9 Å². The maximum atomic E-state index is 11.9. The molecule has 0 spiro atoms. The third-order valence-electron chi connectivity index (χ3n) is 2.04. The third kappa shape index (κ3) is 4.22. The number of carbonyl (C=O) groups excluding carboxylic acids is 1. The van der Waals surface area contributed by atoms with Crippen LogP contribution in [0.4, 0.5) is 8.78 Å². The molecule has 0 aliphatic rings. The van der Waals surface area contributed by atoms with Gasteiger partial charge in [0.2, 0.25) is 0 Å². The van der Waals surface area contributed by atoms with E-state index < -0.39 is 24.9 Å². The Morgan fingerprint density at radius 3 is 2.59 bits per heavy atom. The number of halogens is 4. The Morgan fingerprint density at radius 1 is 1.41 bits per heavy atom. The van der Waals surface area contributed by atoms with Gasteiger partial charge in [0.05, 0.1) is 5.02 Å². The normalized spacial score (nSPS) is 12.8. The Kier molecular flexibility index (Phi) is 5.31. The highest BCUT2D eigenvalue weighted by molar-refractivity contribution is 6.37. The van der Waals surface area contributed by atoms with Crippen LogP contribution in [-0.4, -0.2) is 24.9 Å². The molecular formula is C11H10Cl2F2O2. The van der Waals surface area contributed by atoms with Crippen molar-refractivity contribution in [2.45, 2.75) is 19.5 Å². The summed E-state index contributed by atoms with van der Waals surface area (Å²) in [5, 5.41) is 0.572. The molecule has 0 fully saturated rings. The maximum Gasteiger partial charge on any atom is 0.261 e. The van der Waals surface area contributed by atoms with Crippen molar-refractivity contribution >= 4 is 29.0 Å². The fourth-order valence-electron chi connectivity index (χ4n) is 1.20. The van der Waals surface area contributed by atoms with Gasteiger partial charge in [-0.2, -0.15) is 0 Å². The molecule has 0 radical (unpaired) electrons. The summed E-state index contributed by atoms with van der Waals surface area (Å²) in [6.07, 6.45) is -3.58. The van der Waals surface area contributed by atoms with Crippen LogP contribution in [-0.2, 0) is 4.74 Å². The number of ether oxygens (including phenoxy) is 1. The van der Waals surface area contributed by atoms with Crippen molar-refractivity contribution in [3.8, 4) is 0 Å². The summed E-state index contributed by atoms with van der Waals surface area (Å²) < 4.78 is 28.5. The lowest BCUT2D eigenvalue weighted by molar-refractivity contribution is -0.00984. The topological polar surface area (TPSA) is 26.3 Å². The van der Waals surface area contributed by atoms with Crippen molar-refractivity contribution in [1.82, 2.24) is 0 Å². The first-order valence-corrected chi connectivity index (χ1v) is 5.56. The second-order valence-electron chi connectivity index (χ2n) is 3.36. The van der Waals surface area contributed by atoms with E-state index in [0.29, 0.717) is 5.02 Å². The molecule has 1 aromatic rings. The van der Waals surface area contributed by atoms with Gasteiger partial charge in [-0.25, -0.2) is 8.78 Å². The average Bonchev–Trinajstić information content (AvgIpc) is 2.25. The molecular weight excluding hydrogens is 273 g/mol. The van der Waals surface area contributed by atoms with Gasteiger partial charge in [-0.3, -0.25) is 4.79 Å². The number of alkyl halides is 2. The summed E-state index contributed by atoms with van der Waals surface area (Å²) in [6, 6.07) is 4.35. The predicted molar refractivity (Wildman–Crippen MR) is 62.2 cm³/mol. The van der Waals surface area contributed by atoms with Crippen LogP contribution in [0.25, 0.3) is 0 Å². The number of ketones is 1. The number of hydrogen-bond donors (Lipinski definition) is 0. The zero-order chi connectivity index (χ0) is 13.0. The minimum absolute atomic E-state index is 0.176. The Morgan fingerprint density at radius 2 is 2.06 bits per heavy atom. The molecule has 0 aromatic heterocycles. The molecule has 0 heterocycles. The minimum atomic E-state index is -2.61. The van der Waals surface area contributed by atoms with Gasteiger partial charge in [-0.05, 0) is 25.1 Å². The molecule has 1 atom stereocenters. The molecule has 6 heteroatoms. The zero-order valence-electron chi connectivity index (χ0n) is 8.92. The summed E-state index contributed by atoms with van der Waals surface area (Å²) in [5.74, 6) is -0.452. The number of carbonyl (C=O) groups is 1. The molecule has 94 valence electrons. The van der Waals surface area contributed by atoms with Crippen LogP contribution in [0.1, 0.15) is 17.3 Å². The minimum Gasteiger partial charge on any atom is -0.364 e. The highest BCUT2D eigenvalue weighted by atomic mass is 35.5. The summed E-state index contributed by atoms with van der Waals surface area (Å²) in [5.41, 5.74) is 0.206. The molecule has 2 nitrogen and oxygen atoms in total. The molecule has 0 aliphatic heterocycles. The Balaban J connectivity index is 2.75. The average molecular weight is 283 g/mol. The van der Waals surface area contributed by atoms with Crippen molar-refractivity contribution in [1.29, 1.82) is 0 Å². The molecule has 17 heavy (non-hydrogen) atoms. The largest absolute Gasteiger partial charge is 0.364 e. The van der Waals surface area contributed by atoms with Gasteiger partial charge in [0.25, 0.3) is 6.43 Å². The molecule has 0 N–H and O–H groups in total. The van der Waals surface area contributed by atoms with Crippen LogP contribution in [0.15, 0.2) is 18.2 Å². The number of hydrogen-bond acceptors (Lipinski definition) is 2. The molecule has 1 unspecified atom stereocenters. The summed E-state index contributed by atoms with van der Waals surface area (Å²) in [4.78, 5) is 11.8. The second-order valence-corrected chi connectivity index (χ2v) is 4.20. The van der Waals surface area contributed by atoms with Crippen LogP contribution in [0.3, 0.4) is 0 Å². The van der Waals surface area contributed by atoms with Crippen molar-refractivity contribution in [2.24, 2.45) is 0 Å². The van der Waals surface area contributed by atoms with Gasteiger partial charge < -0.3 is 4.74 Å². The Bertz CT molecular complexity index is 410. The van der Waals surface area contributed by atoms with Crippen LogP contribution in [0, 0.1) is 0 Å². The second kappa shape index (κ2) is 6.28. The Labute approximate surface area is 107 Å². The zero-order valence-corrected chi connectivity index (χ0v) is 10.4. The van der Waals surface area contributed by atoms with Gasteiger partial charge in [-0.15, -0.1) is 0 Å². The molecule has 1 aromatic carbocycles. The quantitative estimate of drug-likeness (QED) is 0.767. The van der Waals surface area contributed by atoms with E-state index in [1.165, 1.54) is 25.1 Å². The van der Waals surface area contributed by atoms with Gasteiger partial charge in [0.15, 0.2) is 5.78 Å². The lowest BCUT2D eigenvalue weighted by atomic mass is 10.1. The molecule has 0 saturated carbocycles. The predicted octanol–water partition coefficient (Wildman–Crippen LogP) is 3.85. The number of Topliss-reactive ketones (excluding diaryl/α,β-unsaturated/α-hetero) is 1. The van der Waals surface area contributed by atoms with E-state index in [1.807, 2.05) is 0 Å². The van der Waals surface area contributed by atoms with Crippen molar-refractivity contribution in [3.05, 3.63) is 33.8 Å². The molecule has 0 amide bonds. The van der Waals surface area contributed by atoms with E-state index in [-0.39, 0.29) is 10.6 Å². The van der Waals surface area contributed by atoms with E-state index in [0.717, 1.165) is 0 Å². The first-order valence-electron chi connectivity index (χ1n) is 4.81. The SMILES string of the molecule is CC(OCC(F)F)C(=O)c1ccc(Cl)cc1Cl. The highest BCUT2D eigenvalue weighted by Crippen LogP contribution is 2.22.